The normalized spacial score (nSPS) is 12.7. The summed E-state index contributed by atoms with van der Waals surface area (Å²) >= 11 is 13.1. The molecular formula is C15H11Cl2NO2S. The van der Waals surface area contributed by atoms with Gasteiger partial charge in [-0.2, -0.15) is 0 Å². The third kappa shape index (κ3) is 2.85. The molecule has 3 aromatic rings. The lowest BCUT2D eigenvalue weighted by molar-refractivity contribution is 0.159. The highest BCUT2D eigenvalue weighted by Crippen LogP contribution is 2.27. The molecule has 1 heterocycles. The van der Waals surface area contributed by atoms with Crippen LogP contribution in [0.25, 0.3) is 10.1 Å². The molecule has 1 atom stereocenters. The van der Waals surface area contributed by atoms with Crippen LogP contribution in [0.15, 0.2) is 47.3 Å². The molecule has 0 aliphatic heterocycles. The van der Waals surface area contributed by atoms with Crippen LogP contribution in [0.5, 0.6) is 0 Å². The summed E-state index contributed by atoms with van der Waals surface area (Å²) in [5, 5.41) is 11.8. The standard InChI is InChI=1S/C15H11Cl2NO2S/c16-11-6-5-9(7-12(11)17)13(19)8-18-15(20)10-3-1-2-4-14(10)21-18/h1-7,13,19H,8H2/t13-/m1/s1. The van der Waals surface area contributed by atoms with E-state index in [1.165, 1.54) is 11.5 Å². The number of halogens is 2. The van der Waals surface area contributed by atoms with Crippen molar-refractivity contribution in [3.8, 4) is 0 Å². The second kappa shape index (κ2) is 5.81. The van der Waals surface area contributed by atoms with Crippen molar-refractivity contribution in [1.29, 1.82) is 0 Å². The molecule has 0 spiro atoms. The Kier molecular flexibility index (Phi) is 4.04. The summed E-state index contributed by atoms with van der Waals surface area (Å²) in [6.07, 6.45) is -0.814. The summed E-state index contributed by atoms with van der Waals surface area (Å²) in [5.41, 5.74) is 0.545. The topological polar surface area (TPSA) is 42.2 Å². The lowest BCUT2D eigenvalue weighted by Crippen LogP contribution is -2.17. The van der Waals surface area contributed by atoms with Gasteiger partial charge in [-0.3, -0.25) is 8.75 Å². The molecular weight excluding hydrogens is 329 g/mol. The molecule has 0 radical (unpaired) electrons. The first-order chi connectivity index (χ1) is 10.1. The molecule has 21 heavy (non-hydrogen) atoms. The largest absolute Gasteiger partial charge is 0.387 e. The van der Waals surface area contributed by atoms with Gasteiger partial charge in [0.25, 0.3) is 5.56 Å². The van der Waals surface area contributed by atoms with Gasteiger partial charge in [0.2, 0.25) is 0 Å². The van der Waals surface area contributed by atoms with Crippen LogP contribution in [-0.2, 0) is 6.54 Å². The van der Waals surface area contributed by atoms with Gasteiger partial charge in [-0.05, 0) is 29.8 Å². The zero-order valence-electron chi connectivity index (χ0n) is 10.8. The van der Waals surface area contributed by atoms with E-state index in [2.05, 4.69) is 0 Å². The number of rotatable bonds is 3. The van der Waals surface area contributed by atoms with Crippen molar-refractivity contribution in [1.82, 2.24) is 3.96 Å². The van der Waals surface area contributed by atoms with Crippen molar-refractivity contribution < 1.29 is 5.11 Å². The van der Waals surface area contributed by atoms with E-state index in [4.69, 9.17) is 23.2 Å². The van der Waals surface area contributed by atoms with Crippen LogP contribution in [0.2, 0.25) is 10.0 Å². The lowest BCUT2D eigenvalue weighted by Gasteiger charge is -2.11. The molecule has 0 aliphatic rings. The van der Waals surface area contributed by atoms with Gasteiger partial charge in [-0.25, -0.2) is 0 Å². The second-order valence-corrected chi connectivity index (χ2v) is 6.52. The molecule has 0 amide bonds. The van der Waals surface area contributed by atoms with Crippen molar-refractivity contribution in [3.63, 3.8) is 0 Å². The molecule has 0 aliphatic carbocycles. The highest BCUT2D eigenvalue weighted by Gasteiger charge is 2.14. The minimum Gasteiger partial charge on any atom is -0.387 e. The molecule has 0 saturated carbocycles. The number of aliphatic hydroxyl groups excluding tert-OH is 1. The van der Waals surface area contributed by atoms with Gasteiger partial charge in [0, 0.05) is 0 Å². The lowest BCUT2D eigenvalue weighted by atomic mass is 10.1. The van der Waals surface area contributed by atoms with E-state index in [0.29, 0.717) is 21.0 Å². The summed E-state index contributed by atoms with van der Waals surface area (Å²) in [7, 11) is 0. The molecule has 108 valence electrons. The predicted molar refractivity (Wildman–Crippen MR) is 87.5 cm³/mol. The van der Waals surface area contributed by atoms with Crippen molar-refractivity contribution in [2.45, 2.75) is 12.6 Å². The molecule has 3 nitrogen and oxygen atoms in total. The van der Waals surface area contributed by atoms with Gasteiger partial charge in [-0.15, -0.1) is 0 Å². The maximum Gasteiger partial charge on any atom is 0.268 e. The first-order valence-electron chi connectivity index (χ1n) is 6.28. The first-order valence-corrected chi connectivity index (χ1v) is 7.81. The Labute approximate surface area is 135 Å². The zero-order valence-corrected chi connectivity index (χ0v) is 13.1. The molecule has 6 heteroatoms. The summed E-state index contributed by atoms with van der Waals surface area (Å²) in [6.45, 7) is 0.191. The Morgan fingerprint density at radius 3 is 2.62 bits per heavy atom. The first kappa shape index (κ1) is 14.6. The Balaban J connectivity index is 1.92. The molecule has 0 bridgehead atoms. The number of hydrogen-bond donors (Lipinski definition) is 1. The minimum atomic E-state index is -0.814. The Morgan fingerprint density at radius 2 is 1.90 bits per heavy atom. The quantitative estimate of drug-likeness (QED) is 0.780. The molecule has 0 saturated heterocycles. The number of nitrogens with zero attached hydrogens (tertiary/aromatic N) is 1. The van der Waals surface area contributed by atoms with Crippen LogP contribution < -0.4 is 5.56 Å². The van der Waals surface area contributed by atoms with E-state index in [1.54, 1.807) is 28.2 Å². The monoisotopic (exact) mass is 339 g/mol. The molecule has 0 unspecified atom stereocenters. The Morgan fingerprint density at radius 1 is 1.14 bits per heavy atom. The maximum absolute atomic E-state index is 12.2. The number of fused-ring (bicyclic) bond motifs is 1. The molecule has 1 N–H and O–H groups in total. The third-order valence-corrected chi connectivity index (χ3v) is 5.05. The van der Waals surface area contributed by atoms with E-state index >= 15 is 0 Å². The highest BCUT2D eigenvalue weighted by atomic mass is 35.5. The summed E-state index contributed by atoms with van der Waals surface area (Å²) < 4.78 is 2.46. The summed E-state index contributed by atoms with van der Waals surface area (Å²) in [4.78, 5) is 12.2. The van der Waals surface area contributed by atoms with Crippen LogP contribution in [0, 0.1) is 0 Å². The van der Waals surface area contributed by atoms with Gasteiger partial charge >= 0.3 is 0 Å². The molecule has 2 aromatic carbocycles. The average Bonchev–Trinajstić information content (AvgIpc) is 2.79. The smallest absolute Gasteiger partial charge is 0.268 e. The van der Waals surface area contributed by atoms with E-state index in [-0.39, 0.29) is 12.1 Å². The van der Waals surface area contributed by atoms with Gasteiger partial charge in [0.05, 0.1) is 32.8 Å². The van der Waals surface area contributed by atoms with Gasteiger partial charge in [-0.1, -0.05) is 52.9 Å². The summed E-state index contributed by atoms with van der Waals surface area (Å²) in [5.74, 6) is 0. The second-order valence-electron chi connectivity index (χ2n) is 4.64. The molecule has 0 fully saturated rings. The van der Waals surface area contributed by atoms with Crippen LogP contribution in [0.3, 0.4) is 0 Å². The predicted octanol–water partition coefficient (Wildman–Crippen LogP) is 4.10. The fourth-order valence-corrected chi connectivity index (χ4v) is 3.45. The van der Waals surface area contributed by atoms with E-state index in [9.17, 15) is 9.90 Å². The SMILES string of the molecule is O=c1c2ccccc2sn1C[C@@H](O)c1ccc(Cl)c(Cl)c1. The van der Waals surface area contributed by atoms with Gasteiger partial charge in [0.15, 0.2) is 0 Å². The molecule has 1 aromatic heterocycles. The van der Waals surface area contributed by atoms with E-state index in [1.807, 2.05) is 18.2 Å². The Bertz CT molecular complexity index is 856. The summed E-state index contributed by atoms with van der Waals surface area (Å²) in [6, 6.07) is 12.4. The number of hydrogen-bond acceptors (Lipinski definition) is 3. The van der Waals surface area contributed by atoms with Gasteiger partial charge < -0.3 is 5.11 Å². The van der Waals surface area contributed by atoms with E-state index in [0.717, 1.165) is 4.70 Å². The minimum absolute atomic E-state index is 0.0882. The van der Waals surface area contributed by atoms with E-state index < -0.39 is 6.10 Å². The van der Waals surface area contributed by atoms with Crippen LogP contribution in [0.4, 0.5) is 0 Å². The van der Waals surface area contributed by atoms with Crippen LogP contribution in [0.1, 0.15) is 11.7 Å². The highest BCUT2D eigenvalue weighted by molar-refractivity contribution is 7.13. The van der Waals surface area contributed by atoms with Crippen molar-refractivity contribution >= 4 is 44.8 Å². The maximum atomic E-state index is 12.2. The number of aromatic nitrogens is 1. The number of aliphatic hydroxyl groups is 1. The van der Waals surface area contributed by atoms with Crippen molar-refractivity contribution in [2.24, 2.45) is 0 Å². The average molecular weight is 340 g/mol. The molecule has 3 rings (SSSR count). The van der Waals surface area contributed by atoms with Crippen LogP contribution >= 0.6 is 34.7 Å². The fraction of sp³-hybridized carbons (Fsp3) is 0.133. The number of benzene rings is 2. The Hall–Kier alpha value is -1.33. The van der Waals surface area contributed by atoms with Gasteiger partial charge in [0.1, 0.15) is 0 Å². The van der Waals surface area contributed by atoms with Crippen LogP contribution in [-0.4, -0.2) is 9.06 Å². The van der Waals surface area contributed by atoms with Crippen molar-refractivity contribution in [2.75, 3.05) is 0 Å². The zero-order chi connectivity index (χ0) is 15.0. The third-order valence-electron chi connectivity index (χ3n) is 3.22. The van der Waals surface area contributed by atoms with Crippen molar-refractivity contribution in [3.05, 3.63) is 68.4 Å². The fourth-order valence-electron chi connectivity index (χ4n) is 2.12.